The Morgan fingerprint density at radius 3 is 2.72 bits per heavy atom. The van der Waals surface area contributed by atoms with Gasteiger partial charge in [-0.1, -0.05) is 32.0 Å². The van der Waals surface area contributed by atoms with E-state index in [-0.39, 0.29) is 23.9 Å². The topological polar surface area (TPSA) is 74.2 Å². The van der Waals surface area contributed by atoms with Crippen molar-refractivity contribution in [2.75, 3.05) is 19.8 Å². The van der Waals surface area contributed by atoms with Crippen LogP contribution in [0.3, 0.4) is 0 Å². The third-order valence-corrected chi connectivity index (χ3v) is 6.56. The van der Waals surface area contributed by atoms with E-state index >= 15 is 0 Å². The number of carbonyl (C=O) groups excluding carboxylic acids is 2. The first-order chi connectivity index (χ1) is 15.3. The zero-order valence-electron chi connectivity index (χ0n) is 19.5. The van der Waals surface area contributed by atoms with Gasteiger partial charge >= 0.3 is 5.97 Å². The molecule has 6 nitrogen and oxygen atoms in total. The first-order valence-corrected chi connectivity index (χ1v) is 11.6. The van der Waals surface area contributed by atoms with E-state index in [4.69, 9.17) is 19.2 Å². The van der Waals surface area contributed by atoms with Gasteiger partial charge in [0.2, 0.25) is 0 Å². The number of fused-ring (bicyclic) bond motifs is 1. The summed E-state index contributed by atoms with van der Waals surface area (Å²) in [5, 5.41) is 0. The van der Waals surface area contributed by atoms with E-state index in [0.717, 1.165) is 30.5 Å². The SMILES string of the molecule is CCOc1ccccc1[C@H]1C(C(=O)OC[C@H]2CCCO2)=C(C)N=C2CC(C)(C)CC(=O)C21. The zero-order chi connectivity index (χ0) is 22.9. The number of allylic oxidation sites excluding steroid dienone is 1. The maximum absolute atomic E-state index is 13.4. The van der Waals surface area contributed by atoms with Gasteiger partial charge in [-0.25, -0.2) is 4.79 Å². The van der Waals surface area contributed by atoms with Gasteiger partial charge in [0.05, 0.1) is 24.2 Å². The van der Waals surface area contributed by atoms with E-state index in [2.05, 4.69) is 13.8 Å². The number of para-hydroxylation sites is 1. The third-order valence-electron chi connectivity index (χ3n) is 6.56. The lowest BCUT2D eigenvalue weighted by molar-refractivity contribution is -0.142. The van der Waals surface area contributed by atoms with E-state index in [9.17, 15) is 9.59 Å². The molecule has 0 spiro atoms. The second-order valence-electron chi connectivity index (χ2n) is 9.75. The summed E-state index contributed by atoms with van der Waals surface area (Å²) in [6.07, 6.45) is 3.00. The second-order valence-corrected chi connectivity index (χ2v) is 9.75. The van der Waals surface area contributed by atoms with Crippen LogP contribution in [0.1, 0.15) is 64.9 Å². The summed E-state index contributed by atoms with van der Waals surface area (Å²) >= 11 is 0. The Balaban J connectivity index is 1.76. The van der Waals surface area contributed by atoms with Gasteiger partial charge < -0.3 is 14.2 Å². The van der Waals surface area contributed by atoms with Crippen LogP contribution >= 0.6 is 0 Å². The summed E-state index contributed by atoms with van der Waals surface area (Å²) < 4.78 is 17.2. The third kappa shape index (κ3) is 4.51. The molecular formula is C26H33NO5. The van der Waals surface area contributed by atoms with Crippen LogP contribution < -0.4 is 4.74 Å². The average Bonchev–Trinajstić information content (AvgIpc) is 3.24. The molecular weight excluding hydrogens is 406 g/mol. The maximum Gasteiger partial charge on any atom is 0.336 e. The number of esters is 1. The van der Waals surface area contributed by atoms with Gasteiger partial charge in [-0.15, -0.1) is 0 Å². The number of Topliss-reactive ketones (excluding diaryl/α,β-unsaturated/α-hetero) is 1. The van der Waals surface area contributed by atoms with Crippen molar-refractivity contribution in [2.24, 2.45) is 16.3 Å². The van der Waals surface area contributed by atoms with Crippen molar-refractivity contribution in [1.82, 2.24) is 0 Å². The summed E-state index contributed by atoms with van der Waals surface area (Å²) in [5.41, 5.74) is 2.63. The van der Waals surface area contributed by atoms with Crippen LogP contribution in [0.5, 0.6) is 5.75 Å². The minimum absolute atomic E-state index is 0.0613. The molecule has 4 rings (SSSR count). The number of nitrogens with zero attached hydrogens (tertiary/aromatic N) is 1. The fraction of sp³-hybridized carbons (Fsp3) is 0.577. The van der Waals surface area contributed by atoms with Gasteiger partial charge in [0.1, 0.15) is 18.1 Å². The largest absolute Gasteiger partial charge is 0.494 e. The minimum Gasteiger partial charge on any atom is -0.494 e. The first kappa shape index (κ1) is 22.7. The molecule has 6 heteroatoms. The highest BCUT2D eigenvalue weighted by Crippen LogP contribution is 2.48. The van der Waals surface area contributed by atoms with Crippen molar-refractivity contribution in [3.63, 3.8) is 0 Å². The Kier molecular flexibility index (Phi) is 6.52. The van der Waals surface area contributed by atoms with Gasteiger partial charge in [-0.3, -0.25) is 9.79 Å². The Bertz CT molecular complexity index is 955. The molecule has 2 heterocycles. The zero-order valence-corrected chi connectivity index (χ0v) is 19.5. The van der Waals surface area contributed by atoms with Crippen LogP contribution in [0.2, 0.25) is 0 Å². The molecule has 0 bridgehead atoms. The number of aliphatic imine (C=N–C) groups is 1. The van der Waals surface area contributed by atoms with Crippen molar-refractivity contribution in [3.05, 3.63) is 41.1 Å². The highest BCUT2D eigenvalue weighted by molar-refractivity contribution is 6.12. The van der Waals surface area contributed by atoms with E-state index in [0.29, 0.717) is 36.7 Å². The molecule has 1 unspecified atom stereocenters. The smallest absolute Gasteiger partial charge is 0.336 e. The lowest BCUT2D eigenvalue weighted by Crippen LogP contribution is -2.44. The van der Waals surface area contributed by atoms with Crippen molar-refractivity contribution >= 4 is 17.5 Å². The first-order valence-electron chi connectivity index (χ1n) is 11.6. The summed E-state index contributed by atoms with van der Waals surface area (Å²) in [7, 11) is 0. The number of hydrogen-bond acceptors (Lipinski definition) is 6. The molecule has 2 aliphatic heterocycles. The molecule has 3 atom stereocenters. The minimum atomic E-state index is -0.474. The lowest BCUT2D eigenvalue weighted by atomic mass is 9.63. The summed E-state index contributed by atoms with van der Waals surface area (Å²) in [5.74, 6) is -0.552. The predicted molar refractivity (Wildman–Crippen MR) is 122 cm³/mol. The molecule has 32 heavy (non-hydrogen) atoms. The van der Waals surface area contributed by atoms with Crippen LogP contribution in [0.15, 0.2) is 40.5 Å². The van der Waals surface area contributed by atoms with E-state index in [1.165, 1.54) is 0 Å². The number of carbonyl (C=O) groups is 2. The molecule has 0 N–H and O–H groups in total. The molecule has 1 aliphatic carbocycles. The Labute approximate surface area is 190 Å². The van der Waals surface area contributed by atoms with E-state index in [1.807, 2.05) is 38.1 Å². The monoisotopic (exact) mass is 439 g/mol. The molecule has 172 valence electrons. The standard InChI is InChI=1S/C26H33NO5/c1-5-30-21-11-7-6-10-18(21)23-22(25(29)32-15-17-9-8-12-31-17)16(2)27-19-13-26(3,4)14-20(28)24(19)23/h6-7,10-11,17,23-24H,5,8-9,12-15H2,1-4H3/t17-,23+,24?/m1/s1. The molecule has 3 aliphatic rings. The van der Waals surface area contributed by atoms with Gasteiger partial charge in [0, 0.05) is 35.9 Å². The molecule has 1 aromatic rings. The van der Waals surface area contributed by atoms with Gasteiger partial charge in [0.25, 0.3) is 0 Å². The Morgan fingerprint density at radius 2 is 2.00 bits per heavy atom. The molecule has 2 fully saturated rings. The van der Waals surface area contributed by atoms with Gasteiger partial charge in [0.15, 0.2) is 0 Å². The van der Waals surface area contributed by atoms with Crippen molar-refractivity contribution in [1.29, 1.82) is 0 Å². The van der Waals surface area contributed by atoms with Crippen LogP contribution in [0, 0.1) is 11.3 Å². The molecule has 1 aromatic carbocycles. The molecule has 1 saturated carbocycles. The highest BCUT2D eigenvalue weighted by atomic mass is 16.6. The van der Waals surface area contributed by atoms with Crippen LogP contribution in [-0.4, -0.2) is 43.4 Å². The number of ether oxygens (including phenoxy) is 3. The fourth-order valence-corrected chi connectivity index (χ4v) is 5.24. The second kappa shape index (κ2) is 9.18. The number of rotatable bonds is 6. The quantitative estimate of drug-likeness (QED) is 0.605. The number of hydrogen-bond donors (Lipinski definition) is 0. The van der Waals surface area contributed by atoms with Crippen LogP contribution in [0.25, 0.3) is 0 Å². The lowest BCUT2D eigenvalue weighted by Gasteiger charge is -2.41. The fourth-order valence-electron chi connectivity index (χ4n) is 5.24. The van der Waals surface area contributed by atoms with Gasteiger partial charge in [-0.05, 0) is 44.6 Å². The molecule has 1 saturated heterocycles. The molecule has 0 radical (unpaired) electrons. The summed E-state index contributed by atoms with van der Waals surface area (Å²) in [6, 6.07) is 7.67. The maximum atomic E-state index is 13.4. The highest BCUT2D eigenvalue weighted by Gasteiger charge is 2.48. The predicted octanol–water partition coefficient (Wildman–Crippen LogP) is 4.63. The van der Waals surface area contributed by atoms with Crippen molar-refractivity contribution in [3.8, 4) is 5.75 Å². The van der Waals surface area contributed by atoms with Gasteiger partial charge in [-0.2, -0.15) is 0 Å². The molecule has 0 amide bonds. The van der Waals surface area contributed by atoms with Crippen LogP contribution in [-0.2, 0) is 19.1 Å². The number of ketones is 1. The van der Waals surface area contributed by atoms with E-state index in [1.54, 1.807) is 0 Å². The Hall–Kier alpha value is -2.47. The number of benzene rings is 1. The summed E-state index contributed by atoms with van der Waals surface area (Å²) in [4.78, 5) is 31.6. The van der Waals surface area contributed by atoms with Crippen molar-refractivity contribution in [2.45, 2.75) is 65.4 Å². The average molecular weight is 440 g/mol. The normalized spacial score (nSPS) is 27.1. The van der Waals surface area contributed by atoms with E-state index < -0.39 is 17.8 Å². The van der Waals surface area contributed by atoms with Crippen molar-refractivity contribution < 1.29 is 23.8 Å². The summed E-state index contributed by atoms with van der Waals surface area (Å²) in [6.45, 7) is 9.38. The molecule has 0 aromatic heterocycles. The van der Waals surface area contributed by atoms with Crippen LogP contribution in [0.4, 0.5) is 0 Å². The Morgan fingerprint density at radius 1 is 1.22 bits per heavy atom.